The molecule has 4 heteroatoms. The maximum absolute atomic E-state index is 6.28. The molecular weight excluding hydrogens is 303 g/mol. The van der Waals surface area contributed by atoms with Gasteiger partial charge in [0.25, 0.3) is 0 Å². The summed E-state index contributed by atoms with van der Waals surface area (Å²) in [5.41, 5.74) is 1.60. The van der Waals surface area contributed by atoms with Gasteiger partial charge in [-0.3, -0.25) is 0 Å². The molecule has 116 valence electrons. The van der Waals surface area contributed by atoms with Crippen molar-refractivity contribution in [3.05, 3.63) is 33.8 Å². The summed E-state index contributed by atoms with van der Waals surface area (Å²) in [4.78, 5) is 2.62. The van der Waals surface area contributed by atoms with Crippen molar-refractivity contribution in [2.45, 2.75) is 44.1 Å². The van der Waals surface area contributed by atoms with Gasteiger partial charge in [0.05, 0.1) is 0 Å². The standard InChI is InChI=1S/C17H24Cl2N2/c18-15-5-4-14(16(19)12-15)6-11-21-10-3-9-20-17(13-21)7-1-2-8-17/h4-5,12,20H,1-3,6-11,13H2. The SMILES string of the molecule is Clc1ccc(CCN2CCCNC3(CCCC3)C2)c(Cl)c1. The fraction of sp³-hybridized carbons (Fsp3) is 0.647. The van der Waals surface area contributed by atoms with Crippen LogP contribution in [0, 0.1) is 0 Å². The minimum absolute atomic E-state index is 0.389. The van der Waals surface area contributed by atoms with E-state index >= 15 is 0 Å². The lowest BCUT2D eigenvalue weighted by molar-refractivity contribution is 0.212. The van der Waals surface area contributed by atoms with E-state index in [1.807, 2.05) is 12.1 Å². The molecule has 0 aromatic heterocycles. The highest BCUT2D eigenvalue weighted by Gasteiger charge is 2.36. The summed E-state index contributed by atoms with van der Waals surface area (Å²) in [5, 5.41) is 5.33. The summed E-state index contributed by atoms with van der Waals surface area (Å²) in [6.07, 6.45) is 7.69. The van der Waals surface area contributed by atoms with Crippen LogP contribution in [0.15, 0.2) is 18.2 Å². The van der Waals surface area contributed by atoms with Crippen LogP contribution < -0.4 is 5.32 Å². The van der Waals surface area contributed by atoms with Crippen LogP contribution in [-0.2, 0) is 6.42 Å². The maximum atomic E-state index is 6.28. The summed E-state index contributed by atoms with van der Waals surface area (Å²) in [5.74, 6) is 0. The van der Waals surface area contributed by atoms with Crippen molar-refractivity contribution >= 4 is 23.2 Å². The van der Waals surface area contributed by atoms with Gasteiger partial charge in [0.15, 0.2) is 0 Å². The Morgan fingerprint density at radius 3 is 2.71 bits per heavy atom. The van der Waals surface area contributed by atoms with E-state index in [1.54, 1.807) is 0 Å². The predicted octanol–water partition coefficient (Wildman–Crippen LogP) is 4.14. The van der Waals surface area contributed by atoms with Crippen molar-refractivity contribution in [3.8, 4) is 0 Å². The number of rotatable bonds is 3. The van der Waals surface area contributed by atoms with Crippen LogP contribution in [0.25, 0.3) is 0 Å². The molecule has 1 aromatic rings. The van der Waals surface area contributed by atoms with E-state index in [-0.39, 0.29) is 0 Å². The fourth-order valence-electron chi connectivity index (χ4n) is 3.80. The molecule has 0 atom stereocenters. The Balaban J connectivity index is 1.61. The van der Waals surface area contributed by atoms with E-state index in [9.17, 15) is 0 Å². The summed E-state index contributed by atoms with van der Waals surface area (Å²) in [7, 11) is 0. The van der Waals surface area contributed by atoms with E-state index in [2.05, 4.69) is 16.3 Å². The van der Waals surface area contributed by atoms with Gasteiger partial charge in [0.1, 0.15) is 0 Å². The summed E-state index contributed by atoms with van der Waals surface area (Å²) >= 11 is 12.3. The van der Waals surface area contributed by atoms with Crippen molar-refractivity contribution in [1.82, 2.24) is 10.2 Å². The molecule has 2 nitrogen and oxygen atoms in total. The Bertz CT molecular complexity index is 484. The van der Waals surface area contributed by atoms with Crippen LogP contribution in [-0.4, -0.2) is 36.6 Å². The van der Waals surface area contributed by atoms with E-state index in [0.717, 1.165) is 24.5 Å². The first kappa shape index (κ1) is 15.6. The van der Waals surface area contributed by atoms with E-state index < -0.39 is 0 Å². The molecule has 2 fully saturated rings. The molecule has 1 aliphatic heterocycles. The second-order valence-corrected chi connectivity index (χ2v) is 7.37. The lowest BCUT2D eigenvalue weighted by atomic mass is 9.97. The van der Waals surface area contributed by atoms with Crippen LogP contribution in [0.4, 0.5) is 0 Å². The number of benzene rings is 1. The van der Waals surface area contributed by atoms with Crippen molar-refractivity contribution in [1.29, 1.82) is 0 Å². The van der Waals surface area contributed by atoms with Crippen molar-refractivity contribution in [2.75, 3.05) is 26.2 Å². The number of nitrogens with zero attached hydrogens (tertiary/aromatic N) is 1. The number of hydrogen-bond donors (Lipinski definition) is 1. The third-order valence-corrected chi connectivity index (χ3v) is 5.54. The lowest BCUT2D eigenvalue weighted by Crippen LogP contribution is -2.49. The van der Waals surface area contributed by atoms with Crippen LogP contribution in [0.1, 0.15) is 37.7 Å². The number of hydrogen-bond acceptors (Lipinski definition) is 2. The molecule has 0 bridgehead atoms. The Kier molecular flexibility index (Phi) is 5.11. The van der Waals surface area contributed by atoms with Gasteiger partial charge in [-0.2, -0.15) is 0 Å². The van der Waals surface area contributed by atoms with Gasteiger partial charge in [-0.05, 0) is 56.5 Å². The molecule has 21 heavy (non-hydrogen) atoms. The summed E-state index contributed by atoms with van der Waals surface area (Å²) in [6, 6.07) is 5.85. The van der Waals surface area contributed by atoms with Gasteiger partial charge in [-0.15, -0.1) is 0 Å². The zero-order valence-electron chi connectivity index (χ0n) is 12.5. The zero-order valence-corrected chi connectivity index (χ0v) is 14.0. The molecule has 2 aliphatic rings. The Labute approximate surface area is 137 Å². The van der Waals surface area contributed by atoms with Crippen LogP contribution >= 0.6 is 23.2 Å². The average Bonchev–Trinajstić information content (AvgIpc) is 2.80. The largest absolute Gasteiger partial charge is 0.310 e. The Morgan fingerprint density at radius 1 is 1.14 bits per heavy atom. The van der Waals surface area contributed by atoms with Crippen LogP contribution in [0.2, 0.25) is 10.0 Å². The van der Waals surface area contributed by atoms with Gasteiger partial charge in [0, 0.05) is 28.7 Å². The molecule has 0 radical (unpaired) electrons. The molecule has 1 aromatic carbocycles. The second-order valence-electron chi connectivity index (χ2n) is 6.53. The minimum Gasteiger partial charge on any atom is -0.310 e. The molecule has 1 N–H and O–H groups in total. The third-order valence-electron chi connectivity index (χ3n) is 4.95. The smallest absolute Gasteiger partial charge is 0.0453 e. The summed E-state index contributed by atoms with van der Waals surface area (Å²) < 4.78 is 0. The number of nitrogens with one attached hydrogen (secondary N) is 1. The summed E-state index contributed by atoms with van der Waals surface area (Å²) in [6.45, 7) is 4.64. The van der Waals surface area contributed by atoms with Crippen LogP contribution in [0.5, 0.6) is 0 Å². The van der Waals surface area contributed by atoms with Crippen molar-refractivity contribution < 1.29 is 0 Å². The van der Waals surface area contributed by atoms with Gasteiger partial charge < -0.3 is 10.2 Å². The quantitative estimate of drug-likeness (QED) is 0.897. The highest BCUT2D eigenvalue weighted by molar-refractivity contribution is 6.35. The molecule has 0 unspecified atom stereocenters. The molecule has 1 heterocycles. The van der Waals surface area contributed by atoms with Crippen molar-refractivity contribution in [3.63, 3.8) is 0 Å². The van der Waals surface area contributed by atoms with Gasteiger partial charge in [0.2, 0.25) is 0 Å². The second kappa shape index (κ2) is 6.87. The maximum Gasteiger partial charge on any atom is 0.0453 e. The van der Waals surface area contributed by atoms with Gasteiger partial charge in [-0.1, -0.05) is 42.1 Å². The molecular formula is C17H24Cl2N2. The van der Waals surface area contributed by atoms with E-state index in [4.69, 9.17) is 23.2 Å². The molecule has 1 aliphatic carbocycles. The highest BCUT2D eigenvalue weighted by atomic mass is 35.5. The fourth-order valence-corrected chi connectivity index (χ4v) is 4.30. The van der Waals surface area contributed by atoms with Crippen molar-refractivity contribution in [2.24, 2.45) is 0 Å². The minimum atomic E-state index is 0.389. The molecule has 1 saturated carbocycles. The first-order chi connectivity index (χ1) is 10.2. The normalized spacial score (nSPS) is 22.6. The molecule has 1 spiro atoms. The Morgan fingerprint density at radius 2 is 1.95 bits per heavy atom. The van der Waals surface area contributed by atoms with E-state index in [0.29, 0.717) is 10.6 Å². The predicted molar refractivity (Wildman–Crippen MR) is 90.4 cm³/mol. The zero-order chi connectivity index (χ0) is 14.7. The first-order valence-electron chi connectivity index (χ1n) is 8.08. The lowest BCUT2D eigenvalue weighted by Gasteiger charge is -2.33. The van der Waals surface area contributed by atoms with Crippen LogP contribution in [0.3, 0.4) is 0 Å². The highest BCUT2D eigenvalue weighted by Crippen LogP contribution is 2.32. The van der Waals surface area contributed by atoms with Gasteiger partial charge in [-0.25, -0.2) is 0 Å². The first-order valence-corrected chi connectivity index (χ1v) is 8.84. The van der Waals surface area contributed by atoms with Gasteiger partial charge >= 0.3 is 0 Å². The van der Waals surface area contributed by atoms with E-state index in [1.165, 1.54) is 50.8 Å². The third kappa shape index (κ3) is 3.92. The number of halogens is 2. The average molecular weight is 327 g/mol. The topological polar surface area (TPSA) is 15.3 Å². The molecule has 3 rings (SSSR count). The monoisotopic (exact) mass is 326 g/mol. The molecule has 1 saturated heterocycles. The Hall–Kier alpha value is -0.280. The molecule has 0 amide bonds.